The van der Waals surface area contributed by atoms with Crippen LogP contribution in [0.15, 0.2) is 53.7 Å². The van der Waals surface area contributed by atoms with E-state index in [1.54, 1.807) is 6.20 Å². The minimum absolute atomic E-state index is 0.0134. The molecule has 0 aliphatic carbocycles. The van der Waals surface area contributed by atoms with E-state index >= 15 is 0 Å². The summed E-state index contributed by atoms with van der Waals surface area (Å²) in [4.78, 5) is 19.2. The van der Waals surface area contributed by atoms with Gasteiger partial charge in [0.2, 0.25) is 5.91 Å². The molecule has 1 aliphatic heterocycles. The number of hydrogen-bond donors (Lipinski definition) is 1. The molecule has 24 heavy (non-hydrogen) atoms. The van der Waals surface area contributed by atoms with Gasteiger partial charge in [0.1, 0.15) is 0 Å². The van der Waals surface area contributed by atoms with Crippen LogP contribution in [0, 0.1) is 0 Å². The Morgan fingerprint density at radius 3 is 2.71 bits per heavy atom. The molecular formula is C19H23N3OS. The predicted molar refractivity (Wildman–Crippen MR) is 99.1 cm³/mol. The van der Waals surface area contributed by atoms with Crippen molar-refractivity contribution in [2.45, 2.75) is 36.6 Å². The van der Waals surface area contributed by atoms with Gasteiger partial charge in [-0.2, -0.15) is 0 Å². The minimum Gasteiger partial charge on any atom is -0.325 e. The van der Waals surface area contributed by atoms with Gasteiger partial charge < -0.3 is 5.32 Å². The molecule has 0 saturated carbocycles. The molecule has 1 aromatic carbocycles. The second-order valence-electron chi connectivity index (χ2n) is 6.06. The molecule has 1 amide bonds. The summed E-state index contributed by atoms with van der Waals surface area (Å²) in [7, 11) is 0. The van der Waals surface area contributed by atoms with Crippen LogP contribution >= 0.6 is 11.8 Å². The molecule has 1 N–H and O–H groups in total. The molecule has 0 bridgehead atoms. The van der Waals surface area contributed by atoms with Gasteiger partial charge in [-0.3, -0.25) is 9.69 Å². The van der Waals surface area contributed by atoms with Crippen LogP contribution in [-0.2, 0) is 11.3 Å². The monoisotopic (exact) mass is 341 g/mol. The lowest BCUT2D eigenvalue weighted by atomic mass is 10.1. The first-order valence-corrected chi connectivity index (χ1v) is 9.29. The normalized spacial score (nSPS) is 16.0. The van der Waals surface area contributed by atoms with Crippen molar-refractivity contribution < 1.29 is 4.79 Å². The number of likely N-dealkylation sites (tertiary alicyclic amines) is 1. The van der Waals surface area contributed by atoms with Crippen LogP contribution in [0.3, 0.4) is 0 Å². The highest BCUT2D eigenvalue weighted by molar-refractivity contribution is 8.00. The molecule has 126 valence electrons. The third-order valence-electron chi connectivity index (χ3n) is 4.17. The number of aromatic nitrogens is 1. The van der Waals surface area contributed by atoms with Crippen molar-refractivity contribution in [3.05, 3.63) is 54.2 Å². The van der Waals surface area contributed by atoms with E-state index in [4.69, 9.17) is 0 Å². The molecule has 0 unspecified atom stereocenters. The Labute approximate surface area is 147 Å². The Hall–Kier alpha value is -1.85. The van der Waals surface area contributed by atoms with Crippen molar-refractivity contribution in [2.24, 2.45) is 0 Å². The van der Waals surface area contributed by atoms with Gasteiger partial charge in [0, 0.05) is 18.4 Å². The highest BCUT2D eigenvalue weighted by Crippen LogP contribution is 2.24. The summed E-state index contributed by atoms with van der Waals surface area (Å²) in [6.07, 6.45) is 4.29. The molecular weight excluding hydrogens is 318 g/mol. The zero-order valence-corrected chi connectivity index (χ0v) is 14.8. The fraction of sp³-hybridized carbons (Fsp3) is 0.368. The minimum atomic E-state index is -0.195. The third kappa shape index (κ3) is 4.58. The van der Waals surface area contributed by atoms with Crippen LogP contribution in [0.5, 0.6) is 0 Å². The molecule has 1 atom stereocenters. The van der Waals surface area contributed by atoms with Crippen LogP contribution in [0.4, 0.5) is 5.69 Å². The number of thioether (sulfide) groups is 1. The van der Waals surface area contributed by atoms with Crippen LogP contribution < -0.4 is 5.32 Å². The highest BCUT2D eigenvalue weighted by Gasteiger charge is 2.18. The van der Waals surface area contributed by atoms with Gasteiger partial charge in [-0.05, 0) is 56.6 Å². The molecule has 2 aromatic rings. The zero-order chi connectivity index (χ0) is 16.8. The fourth-order valence-corrected chi connectivity index (χ4v) is 3.65. The quantitative estimate of drug-likeness (QED) is 0.812. The standard InChI is InChI=1S/C19H23N3OS/c1-15(24-18-10-4-5-11-20-18)19(23)21-17-9-3-2-8-16(17)14-22-12-6-7-13-22/h2-5,8-11,15H,6-7,12-14H2,1H3,(H,21,23)/t15-/m1/s1. The van der Waals surface area contributed by atoms with Crippen molar-refractivity contribution in [3.63, 3.8) is 0 Å². The molecule has 0 radical (unpaired) electrons. The van der Waals surface area contributed by atoms with Gasteiger partial charge in [-0.15, -0.1) is 0 Å². The first-order chi connectivity index (χ1) is 11.7. The average Bonchev–Trinajstić information content (AvgIpc) is 3.10. The van der Waals surface area contributed by atoms with E-state index < -0.39 is 0 Å². The Morgan fingerprint density at radius 1 is 1.21 bits per heavy atom. The number of amides is 1. The second-order valence-corrected chi connectivity index (χ2v) is 7.42. The summed E-state index contributed by atoms with van der Waals surface area (Å²) < 4.78 is 0. The van der Waals surface area contributed by atoms with E-state index in [-0.39, 0.29) is 11.2 Å². The molecule has 1 aliphatic rings. The molecule has 4 nitrogen and oxygen atoms in total. The van der Waals surface area contributed by atoms with Crippen molar-refractivity contribution in [2.75, 3.05) is 18.4 Å². The maximum absolute atomic E-state index is 12.5. The summed E-state index contributed by atoms with van der Waals surface area (Å²) in [5.41, 5.74) is 2.10. The number of anilines is 1. The summed E-state index contributed by atoms with van der Waals surface area (Å²) >= 11 is 1.48. The van der Waals surface area contributed by atoms with E-state index in [2.05, 4.69) is 21.3 Å². The molecule has 5 heteroatoms. The largest absolute Gasteiger partial charge is 0.325 e. The molecule has 3 rings (SSSR count). The number of rotatable bonds is 6. The number of para-hydroxylation sites is 1. The molecule has 1 fully saturated rings. The van der Waals surface area contributed by atoms with Gasteiger partial charge in [0.05, 0.1) is 10.3 Å². The number of nitrogens with zero attached hydrogens (tertiary/aromatic N) is 2. The maximum atomic E-state index is 12.5. The van der Waals surface area contributed by atoms with E-state index in [0.29, 0.717) is 0 Å². The summed E-state index contributed by atoms with van der Waals surface area (Å²) in [5, 5.41) is 3.76. The number of carbonyl (C=O) groups is 1. The van der Waals surface area contributed by atoms with Crippen molar-refractivity contribution in [3.8, 4) is 0 Å². The first-order valence-electron chi connectivity index (χ1n) is 8.41. The van der Waals surface area contributed by atoms with Gasteiger partial charge >= 0.3 is 0 Å². The average molecular weight is 341 g/mol. The van der Waals surface area contributed by atoms with Crippen molar-refractivity contribution in [1.29, 1.82) is 0 Å². The van der Waals surface area contributed by atoms with Gasteiger partial charge in [-0.1, -0.05) is 36.0 Å². The van der Waals surface area contributed by atoms with E-state index in [1.807, 2.05) is 43.3 Å². The number of hydrogen-bond acceptors (Lipinski definition) is 4. The lowest BCUT2D eigenvalue weighted by Gasteiger charge is -2.19. The fourth-order valence-electron chi connectivity index (χ4n) is 2.85. The lowest BCUT2D eigenvalue weighted by Crippen LogP contribution is -2.24. The van der Waals surface area contributed by atoms with Crippen molar-refractivity contribution >= 4 is 23.4 Å². The second kappa shape index (κ2) is 8.31. The first kappa shape index (κ1) is 17.0. The predicted octanol–water partition coefficient (Wildman–Crippen LogP) is 3.80. The Balaban J connectivity index is 1.63. The van der Waals surface area contributed by atoms with Crippen LogP contribution in [0.1, 0.15) is 25.3 Å². The Bertz CT molecular complexity index is 671. The Morgan fingerprint density at radius 2 is 1.96 bits per heavy atom. The summed E-state index contributed by atoms with van der Waals surface area (Å²) in [6.45, 7) is 5.11. The lowest BCUT2D eigenvalue weighted by molar-refractivity contribution is -0.115. The van der Waals surface area contributed by atoms with E-state index in [9.17, 15) is 4.79 Å². The SMILES string of the molecule is C[C@@H](Sc1ccccn1)C(=O)Nc1ccccc1CN1CCCC1. The van der Waals surface area contributed by atoms with Gasteiger partial charge in [0.15, 0.2) is 0 Å². The summed E-state index contributed by atoms with van der Waals surface area (Å²) in [6, 6.07) is 13.8. The van der Waals surface area contributed by atoms with Crippen LogP contribution in [-0.4, -0.2) is 34.1 Å². The third-order valence-corrected chi connectivity index (χ3v) is 5.22. The number of nitrogens with one attached hydrogen (secondary N) is 1. The maximum Gasteiger partial charge on any atom is 0.237 e. The molecule has 1 aromatic heterocycles. The molecule has 2 heterocycles. The Kier molecular flexibility index (Phi) is 5.88. The smallest absolute Gasteiger partial charge is 0.237 e. The highest BCUT2D eigenvalue weighted by atomic mass is 32.2. The van der Waals surface area contributed by atoms with Crippen molar-refractivity contribution in [1.82, 2.24) is 9.88 Å². The number of pyridine rings is 1. The number of benzene rings is 1. The van der Waals surface area contributed by atoms with E-state index in [1.165, 1.54) is 30.2 Å². The van der Waals surface area contributed by atoms with Crippen LogP contribution in [0.2, 0.25) is 0 Å². The number of carbonyl (C=O) groups excluding carboxylic acids is 1. The molecule has 0 spiro atoms. The zero-order valence-electron chi connectivity index (χ0n) is 13.9. The van der Waals surface area contributed by atoms with Gasteiger partial charge in [-0.25, -0.2) is 4.98 Å². The topological polar surface area (TPSA) is 45.2 Å². The van der Waals surface area contributed by atoms with Crippen LogP contribution in [0.25, 0.3) is 0 Å². The molecule has 1 saturated heterocycles. The summed E-state index contributed by atoms with van der Waals surface area (Å²) in [5.74, 6) is 0.0134. The van der Waals surface area contributed by atoms with Gasteiger partial charge in [0.25, 0.3) is 0 Å². The van der Waals surface area contributed by atoms with E-state index in [0.717, 1.165) is 30.3 Å².